The predicted octanol–water partition coefficient (Wildman–Crippen LogP) is 4.42. The molecule has 29 heavy (non-hydrogen) atoms. The van der Waals surface area contributed by atoms with Crippen molar-refractivity contribution in [1.82, 2.24) is 5.32 Å². The molecule has 0 radical (unpaired) electrons. The van der Waals surface area contributed by atoms with Crippen molar-refractivity contribution in [1.29, 1.82) is 0 Å². The van der Waals surface area contributed by atoms with Crippen LogP contribution in [-0.4, -0.2) is 24.5 Å². The Morgan fingerprint density at radius 3 is 2.52 bits per heavy atom. The molecule has 0 bridgehead atoms. The smallest absolute Gasteiger partial charge is 0.319 e. The summed E-state index contributed by atoms with van der Waals surface area (Å²) in [7, 11) is 0. The molecule has 1 aliphatic heterocycles. The molecule has 1 aliphatic rings. The predicted molar refractivity (Wildman–Crippen MR) is 111 cm³/mol. The zero-order valence-electron chi connectivity index (χ0n) is 15.6. The number of para-hydroxylation sites is 1. The minimum absolute atomic E-state index is 0.148. The van der Waals surface area contributed by atoms with E-state index in [1.165, 1.54) is 17.0 Å². The maximum atomic E-state index is 13.5. The molecule has 5 nitrogen and oxygen atoms in total. The van der Waals surface area contributed by atoms with Gasteiger partial charge < -0.3 is 15.5 Å². The minimum atomic E-state index is -0.401. The molecule has 0 spiro atoms. The number of benzene rings is 3. The van der Waals surface area contributed by atoms with Crippen LogP contribution < -0.4 is 15.5 Å². The van der Waals surface area contributed by atoms with Crippen molar-refractivity contribution >= 4 is 23.3 Å². The average Bonchev–Trinajstić information content (AvgIpc) is 3.09. The van der Waals surface area contributed by atoms with Gasteiger partial charge >= 0.3 is 6.03 Å². The normalized spacial score (nSPS) is 16.0. The van der Waals surface area contributed by atoms with Crippen molar-refractivity contribution in [2.24, 2.45) is 0 Å². The summed E-state index contributed by atoms with van der Waals surface area (Å²) in [5, 5.41) is 5.72. The summed E-state index contributed by atoms with van der Waals surface area (Å²) in [6.07, 6.45) is 0.171. The van der Waals surface area contributed by atoms with Gasteiger partial charge in [0.15, 0.2) is 0 Å². The second-order valence-corrected chi connectivity index (χ2v) is 6.90. The molecule has 3 aromatic rings. The Kier molecular flexibility index (Phi) is 5.24. The molecule has 146 valence electrons. The van der Waals surface area contributed by atoms with Gasteiger partial charge in [-0.25, -0.2) is 9.18 Å². The SMILES string of the molecule is O=C(Nc1ccccc1-c1ccccc1)NC1CC(=O)N(c2cccc(F)c2)C1. The number of hydrogen-bond donors (Lipinski definition) is 2. The van der Waals surface area contributed by atoms with Gasteiger partial charge in [-0.15, -0.1) is 0 Å². The number of hydrogen-bond acceptors (Lipinski definition) is 2. The van der Waals surface area contributed by atoms with Gasteiger partial charge in [0.25, 0.3) is 0 Å². The number of anilines is 2. The summed E-state index contributed by atoms with van der Waals surface area (Å²) < 4.78 is 13.5. The molecule has 0 saturated carbocycles. The van der Waals surface area contributed by atoms with E-state index in [-0.39, 0.29) is 24.4 Å². The first kappa shape index (κ1) is 18.7. The van der Waals surface area contributed by atoms with E-state index in [1.54, 1.807) is 12.1 Å². The van der Waals surface area contributed by atoms with Crippen LogP contribution in [-0.2, 0) is 4.79 Å². The number of rotatable bonds is 4. The quantitative estimate of drug-likeness (QED) is 0.694. The molecular weight excluding hydrogens is 369 g/mol. The number of amides is 3. The van der Waals surface area contributed by atoms with E-state index >= 15 is 0 Å². The monoisotopic (exact) mass is 389 g/mol. The number of halogens is 1. The van der Waals surface area contributed by atoms with Gasteiger partial charge in [-0.05, 0) is 29.8 Å². The number of nitrogens with zero attached hydrogens (tertiary/aromatic N) is 1. The molecule has 1 heterocycles. The van der Waals surface area contributed by atoms with Crippen molar-refractivity contribution in [3.8, 4) is 11.1 Å². The number of urea groups is 1. The van der Waals surface area contributed by atoms with Gasteiger partial charge in [-0.2, -0.15) is 0 Å². The zero-order chi connectivity index (χ0) is 20.2. The summed E-state index contributed by atoms with van der Waals surface area (Å²) in [6.45, 7) is 0.302. The van der Waals surface area contributed by atoms with Crippen LogP contribution in [0.4, 0.5) is 20.6 Å². The molecule has 4 rings (SSSR count). The molecule has 0 aliphatic carbocycles. The summed E-state index contributed by atoms with van der Waals surface area (Å²) in [5.41, 5.74) is 3.08. The van der Waals surface area contributed by atoms with Crippen molar-refractivity contribution in [3.63, 3.8) is 0 Å². The maximum absolute atomic E-state index is 13.5. The highest BCUT2D eigenvalue weighted by molar-refractivity contribution is 5.98. The van der Waals surface area contributed by atoms with Gasteiger partial charge in [-0.3, -0.25) is 4.79 Å². The molecule has 3 amide bonds. The minimum Gasteiger partial charge on any atom is -0.333 e. The third-order valence-corrected chi connectivity index (χ3v) is 4.84. The van der Waals surface area contributed by atoms with E-state index in [0.717, 1.165) is 11.1 Å². The van der Waals surface area contributed by atoms with Gasteiger partial charge in [0, 0.05) is 24.2 Å². The largest absolute Gasteiger partial charge is 0.333 e. The van der Waals surface area contributed by atoms with Crippen LogP contribution in [0.2, 0.25) is 0 Å². The second kappa shape index (κ2) is 8.14. The lowest BCUT2D eigenvalue weighted by molar-refractivity contribution is -0.117. The fourth-order valence-electron chi connectivity index (χ4n) is 3.50. The fourth-order valence-corrected chi connectivity index (χ4v) is 3.50. The first-order chi connectivity index (χ1) is 14.1. The lowest BCUT2D eigenvalue weighted by Crippen LogP contribution is -2.39. The van der Waals surface area contributed by atoms with E-state index in [4.69, 9.17) is 0 Å². The Hall–Kier alpha value is -3.67. The van der Waals surface area contributed by atoms with Gasteiger partial charge in [0.1, 0.15) is 5.82 Å². The Morgan fingerprint density at radius 2 is 1.72 bits per heavy atom. The highest BCUT2D eigenvalue weighted by Crippen LogP contribution is 2.27. The standard InChI is InChI=1S/C23H20FN3O2/c24-17-9-6-10-19(13-17)27-15-18(14-22(27)28)25-23(29)26-21-12-5-4-11-20(21)16-7-2-1-3-8-16/h1-13,18H,14-15H2,(H2,25,26,29). The molecule has 2 N–H and O–H groups in total. The highest BCUT2D eigenvalue weighted by atomic mass is 19.1. The third kappa shape index (κ3) is 4.27. The van der Waals surface area contributed by atoms with E-state index < -0.39 is 5.82 Å². The Balaban J connectivity index is 1.43. The topological polar surface area (TPSA) is 61.4 Å². The molecule has 3 aromatic carbocycles. The maximum Gasteiger partial charge on any atom is 0.319 e. The number of carbonyl (C=O) groups is 2. The van der Waals surface area contributed by atoms with Crippen molar-refractivity contribution in [3.05, 3.63) is 84.7 Å². The van der Waals surface area contributed by atoms with Crippen molar-refractivity contribution < 1.29 is 14.0 Å². The summed E-state index contributed by atoms with van der Waals surface area (Å²) in [4.78, 5) is 26.3. The summed E-state index contributed by atoms with van der Waals surface area (Å²) in [6, 6.07) is 22.5. The Labute approximate surface area is 168 Å². The first-order valence-electron chi connectivity index (χ1n) is 9.38. The molecule has 0 aromatic heterocycles. The van der Waals surface area contributed by atoms with Gasteiger partial charge in [0.05, 0.1) is 11.7 Å². The molecule has 1 atom stereocenters. The van der Waals surface area contributed by atoms with E-state index in [0.29, 0.717) is 17.9 Å². The van der Waals surface area contributed by atoms with Crippen molar-refractivity contribution in [2.45, 2.75) is 12.5 Å². The average molecular weight is 389 g/mol. The van der Waals surface area contributed by atoms with Crippen LogP contribution >= 0.6 is 0 Å². The molecule has 1 saturated heterocycles. The van der Waals surface area contributed by atoms with Crippen LogP contribution in [0.1, 0.15) is 6.42 Å². The number of carbonyl (C=O) groups excluding carboxylic acids is 2. The van der Waals surface area contributed by atoms with Crippen LogP contribution in [0, 0.1) is 5.82 Å². The molecule has 1 unspecified atom stereocenters. The Morgan fingerprint density at radius 1 is 0.966 bits per heavy atom. The van der Waals surface area contributed by atoms with Crippen LogP contribution in [0.15, 0.2) is 78.9 Å². The third-order valence-electron chi connectivity index (χ3n) is 4.84. The van der Waals surface area contributed by atoms with E-state index in [2.05, 4.69) is 10.6 Å². The van der Waals surface area contributed by atoms with Crippen LogP contribution in [0.25, 0.3) is 11.1 Å². The molecular formula is C23H20FN3O2. The molecule has 1 fully saturated rings. The summed E-state index contributed by atoms with van der Waals surface area (Å²) >= 11 is 0. The van der Waals surface area contributed by atoms with Crippen LogP contribution in [0.3, 0.4) is 0 Å². The van der Waals surface area contributed by atoms with E-state index in [9.17, 15) is 14.0 Å². The van der Waals surface area contributed by atoms with Gasteiger partial charge in [-0.1, -0.05) is 54.6 Å². The number of nitrogens with one attached hydrogen (secondary N) is 2. The van der Waals surface area contributed by atoms with Crippen molar-refractivity contribution in [2.75, 3.05) is 16.8 Å². The second-order valence-electron chi connectivity index (χ2n) is 6.90. The fraction of sp³-hybridized carbons (Fsp3) is 0.130. The summed E-state index contributed by atoms with van der Waals surface area (Å²) in [5.74, 6) is -0.549. The lowest BCUT2D eigenvalue weighted by Gasteiger charge is -2.18. The highest BCUT2D eigenvalue weighted by Gasteiger charge is 2.31. The molecule has 6 heteroatoms. The first-order valence-corrected chi connectivity index (χ1v) is 9.38. The van der Waals surface area contributed by atoms with E-state index in [1.807, 2.05) is 54.6 Å². The van der Waals surface area contributed by atoms with Gasteiger partial charge in [0.2, 0.25) is 5.91 Å². The lowest BCUT2D eigenvalue weighted by atomic mass is 10.0. The van der Waals surface area contributed by atoms with Crippen LogP contribution in [0.5, 0.6) is 0 Å². The zero-order valence-corrected chi connectivity index (χ0v) is 15.6. The Bertz CT molecular complexity index is 1040.